The number of hydrogen-bond donors (Lipinski definition) is 0. The molecule has 0 unspecified atom stereocenters. The van der Waals surface area contributed by atoms with Crippen LogP contribution in [0.2, 0.25) is 0 Å². The highest BCUT2D eigenvalue weighted by Crippen LogP contribution is 2.15. The normalized spacial score (nSPS) is 19.9. The van der Waals surface area contributed by atoms with Crippen molar-refractivity contribution in [2.45, 2.75) is 32.4 Å². The monoisotopic (exact) mass is 272 g/mol. The van der Waals surface area contributed by atoms with Crippen molar-refractivity contribution in [1.29, 1.82) is 0 Å². The van der Waals surface area contributed by atoms with E-state index >= 15 is 0 Å². The summed E-state index contributed by atoms with van der Waals surface area (Å²) in [6, 6.07) is -0.706. The minimum Gasteiger partial charge on any atom is -0.453 e. The largest absolute Gasteiger partial charge is 0.453 e. The molecule has 0 aromatic carbocycles. The lowest BCUT2D eigenvalue weighted by molar-refractivity contribution is -0.114. The third-order valence-electron chi connectivity index (χ3n) is 2.64. The zero-order valence-electron chi connectivity index (χ0n) is 11.7. The van der Waals surface area contributed by atoms with Crippen molar-refractivity contribution in [3.8, 4) is 0 Å². The van der Waals surface area contributed by atoms with E-state index in [0.717, 1.165) is 0 Å². The van der Waals surface area contributed by atoms with E-state index < -0.39 is 23.8 Å². The van der Waals surface area contributed by atoms with E-state index in [1.54, 1.807) is 20.8 Å². The number of piperazine rings is 1. The predicted molar refractivity (Wildman–Crippen MR) is 66.8 cm³/mol. The van der Waals surface area contributed by atoms with Crippen LogP contribution in [0.3, 0.4) is 0 Å². The Morgan fingerprint density at radius 2 is 1.84 bits per heavy atom. The number of ether oxygens (including phenoxy) is 2. The Kier molecular flexibility index (Phi) is 4.74. The number of carbonyl (C=O) groups excluding carboxylic acids is 3. The van der Waals surface area contributed by atoms with Gasteiger partial charge in [-0.2, -0.15) is 0 Å². The summed E-state index contributed by atoms with van der Waals surface area (Å²) in [5.41, 5.74) is -0.621. The average Bonchev–Trinajstić information content (AvgIpc) is 2.34. The van der Waals surface area contributed by atoms with Crippen LogP contribution >= 0.6 is 0 Å². The molecule has 0 N–H and O–H groups in total. The predicted octanol–water partition coefficient (Wildman–Crippen LogP) is 0.873. The molecule has 108 valence electrons. The summed E-state index contributed by atoms with van der Waals surface area (Å²) in [4.78, 5) is 37.1. The van der Waals surface area contributed by atoms with Gasteiger partial charge in [-0.1, -0.05) is 0 Å². The molecule has 1 saturated heterocycles. The van der Waals surface area contributed by atoms with Gasteiger partial charge < -0.3 is 19.2 Å². The van der Waals surface area contributed by atoms with Crippen LogP contribution < -0.4 is 0 Å². The highest BCUT2D eigenvalue weighted by molar-refractivity contribution is 5.76. The van der Waals surface area contributed by atoms with Gasteiger partial charge in [-0.3, -0.25) is 4.90 Å². The summed E-state index contributed by atoms with van der Waals surface area (Å²) in [6.07, 6.45) is -0.413. The summed E-state index contributed by atoms with van der Waals surface area (Å²) in [7, 11) is 1.28. The van der Waals surface area contributed by atoms with Crippen molar-refractivity contribution >= 4 is 18.5 Å². The summed E-state index contributed by atoms with van der Waals surface area (Å²) in [5.74, 6) is 0. The van der Waals surface area contributed by atoms with Crippen LogP contribution in [0, 0.1) is 0 Å². The van der Waals surface area contributed by atoms with Crippen LogP contribution in [0.5, 0.6) is 0 Å². The molecule has 1 rings (SSSR count). The third kappa shape index (κ3) is 4.11. The molecule has 0 saturated carbocycles. The smallest absolute Gasteiger partial charge is 0.411 e. The second kappa shape index (κ2) is 5.90. The molecule has 0 aromatic heterocycles. The summed E-state index contributed by atoms with van der Waals surface area (Å²) in [6.45, 7) is 5.95. The maximum Gasteiger partial charge on any atom is 0.411 e. The summed E-state index contributed by atoms with van der Waals surface area (Å²) in [5, 5.41) is 0. The van der Waals surface area contributed by atoms with Gasteiger partial charge in [-0.05, 0) is 20.8 Å². The molecular weight excluding hydrogens is 252 g/mol. The van der Waals surface area contributed by atoms with Crippen LogP contribution in [0.25, 0.3) is 0 Å². The first-order valence-corrected chi connectivity index (χ1v) is 6.06. The van der Waals surface area contributed by atoms with Crippen LogP contribution in [0.4, 0.5) is 9.59 Å². The molecule has 2 amide bonds. The van der Waals surface area contributed by atoms with Gasteiger partial charge in [0.05, 0.1) is 13.7 Å². The van der Waals surface area contributed by atoms with Gasteiger partial charge in [-0.25, -0.2) is 9.59 Å². The van der Waals surface area contributed by atoms with Gasteiger partial charge in [0.25, 0.3) is 0 Å². The Morgan fingerprint density at radius 3 is 2.32 bits per heavy atom. The summed E-state index contributed by atoms with van der Waals surface area (Å²) >= 11 is 0. The number of aldehydes is 1. The minimum absolute atomic E-state index is 0.120. The van der Waals surface area contributed by atoms with Crippen LogP contribution in [-0.2, 0) is 14.3 Å². The molecule has 7 heteroatoms. The van der Waals surface area contributed by atoms with Crippen LogP contribution in [-0.4, -0.2) is 66.7 Å². The van der Waals surface area contributed by atoms with Crippen LogP contribution in [0.1, 0.15) is 20.8 Å². The molecule has 0 radical (unpaired) electrons. The Balaban J connectivity index is 2.69. The topological polar surface area (TPSA) is 76.2 Å². The van der Waals surface area contributed by atoms with Gasteiger partial charge in [0.15, 0.2) is 0 Å². The first-order chi connectivity index (χ1) is 8.78. The van der Waals surface area contributed by atoms with Crippen molar-refractivity contribution in [3.05, 3.63) is 0 Å². The zero-order valence-corrected chi connectivity index (χ0v) is 11.7. The van der Waals surface area contributed by atoms with Crippen molar-refractivity contribution < 1.29 is 23.9 Å². The highest BCUT2D eigenvalue weighted by atomic mass is 16.6. The maximum absolute atomic E-state index is 11.9. The molecule has 19 heavy (non-hydrogen) atoms. The second-order valence-electron chi connectivity index (χ2n) is 5.29. The van der Waals surface area contributed by atoms with Gasteiger partial charge >= 0.3 is 12.2 Å². The van der Waals surface area contributed by atoms with E-state index in [9.17, 15) is 14.4 Å². The van der Waals surface area contributed by atoms with Crippen molar-refractivity contribution in [2.75, 3.05) is 26.7 Å². The number of methoxy groups -OCH3 is 1. The van der Waals surface area contributed by atoms with Gasteiger partial charge in [-0.15, -0.1) is 0 Å². The maximum atomic E-state index is 11.9. The zero-order chi connectivity index (χ0) is 14.6. The Morgan fingerprint density at radius 1 is 1.21 bits per heavy atom. The molecule has 0 spiro atoms. The summed E-state index contributed by atoms with van der Waals surface area (Å²) < 4.78 is 9.82. The first kappa shape index (κ1) is 15.3. The Labute approximate surface area is 112 Å². The number of carbonyl (C=O) groups is 3. The van der Waals surface area contributed by atoms with Gasteiger partial charge in [0.2, 0.25) is 0 Å². The lowest BCUT2D eigenvalue weighted by atomic mass is 10.2. The van der Waals surface area contributed by atoms with E-state index in [0.29, 0.717) is 12.8 Å². The van der Waals surface area contributed by atoms with Gasteiger partial charge in [0, 0.05) is 13.1 Å². The van der Waals surface area contributed by atoms with E-state index in [1.165, 1.54) is 16.9 Å². The fourth-order valence-electron chi connectivity index (χ4n) is 1.77. The fourth-order valence-corrected chi connectivity index (χ4v) is 1.77. The van der Waals surface area contributed by atoms with E-state index in [-0.39, 0.29) is 13.1 Å². The lowest BCUT2D eigenvalue weighted by Gasteiger charge is -2.38. The van der Waals surface area contributed by atoms with Crippen molar-refractivity contribution in [2.24, 2.45) is 0 Å². The molecule has 1 fully saturated rings. The minimum atomic E-state index is -0.706. The SMILES string of the molecule is COC(=O)N1CCN(C(=O)OC(C)(C)C)[C@@H](C=O)C1. The molecule has 0 aromatic rings. The molecule has 1 atom stereocenters. The van der Waals surface area contributed by atoms with Crippen molar-refractivity contribution in [1.82, 2.24) is 9.80 Å². The molecular formula is C12H20N2O5. The quantitative estimate of drug-likeness (QED) is 0.662. The Bertz CT molecular complexity index is 364. The molecule has 1 aliphatic rings. The third-order valence-corrected chi connectivity index (χ3v) is 2.64. The van der Waals surface area contributed by atoms with E-state index in [2.05, 4.69) is 4.74 Å². The fraction of sp³-hybridized carbons (Fsp3) is 0.750. The lowest BCUT2D eigenvalue weighted by Crippen LogP contribution is -2.57. The van der Waals surface area contributed by atoms with Crippen molar-refractivity contribution in [3.63, 3.8) is 0 Å². The average molecular weight is 272 g/mol. The number of nitrogens with zero attached hydrogens (tertiary/aromatic N) is 2. The molecule has 1 heterocycles. The number of rotatable bonds is 1. The van der Waals surface area contributed by atoms with E-state index in [1.807, 2.05) is 0 Å². The first-order valence-electron chi connectivity index (χ1n) is 6.06. The van der Waals surface area contributed by atoms with E-state index in [4.69, 9.17) is 4.74 Å². The highest BCUT2D eigenvalue weighted by Gasteiger charge is 2.34. The second-order valence-corrected chi connectivity index (χ2v) is 5.29. The van der Waals surface area contributed by atoms with Crippen LogP contribution in [0.15, 0.2) is 0 Å². The molecule has 0 bridgehead atoms. The number of amides is 2. The van der Waals surface area contributed by atoms with Gasteiger partial charge in [0.1, 0.15) is 17.9 Å². The molecule has 0 aliphatic carbocycles. The molecule has 1 aliphatic heterocycles. The Hall–Kier alpha value is -1.79. The standard InChI is InChI=1S/C12H20N2O5/c1-12(2,3)19-11(17)14-6-5-13(10(16)18-4)7-9(14)8-15/h8-9H,5-7H2,1-4H3/t9-/m1/s1. The molecule has 7 nitrogen and oxygen atoms in total. The number of hydrogen-bond acceptors (Lipinski definition) is 5.